The molecule has 26 heavy (non-hydrogen) atoms. The lowest BCUT2D eigenvalue weighted by Crippen LogP contribution is -2.45. The van der Waals surface area contributed by atoms with Crippen LogP contribution < -0.4 is 5.32 Å². The molecule has 1 heterocycles. The Morgan fingerprint density at radius 3 is 2.46 bits per heavy atom. The molecule has 5 nitrogen and oxygen atoms in total. The van der Waals surface area contributed by atoms with E-state index < -0.39 is 0 Å². The first kappa shape index (κ1) is 18.4. The maximum atomic E-state index is 12.3. The first-order valence-corrected chi connectivity index (χ1v) is 9.06. The summed E-state index contributed by atoms with van der Waals surface area (Å²) >= 11 is 0. The van der Waals surface area contributed by atoms with Crippen molar-refractivity contribution in [2.75, 3.05) is 40.4 Å². The quantitative estimate of drug-likeness (QED) is 0.899. The van der Waals surface area contributed by atoms with Crippen LogP contribution in [0.3, 0.4) is 0 Å². The van der Waals surface area contributed by atoms with Gasteiger partial charge >= 0.3 is 6.03 Å². The first-order valence-electron chi connectivity index (χ1n) is 9.06. The van der Waals surface area contributed by atoms with Gasteiger partial charge in [-0.15, -0.1) is 0 Å². The highest BCUT2D eigenvalue weighted by atomic mass is 16.5. The number of nitrogens with zero attached hydrogens (tertiary/aromatic N) is 2. The summed E-state index contributed by atoms with van der Waals surface area (Å²) in [4.78, 5) is 16.3. The second kappa shape index (κ2) is 8.83. The zero-order chi connectivity index (χ0) is 18.4. The molecule has 0 atom stereocenters. The van der Waals surface area contributed by atoms with Gasteiger partial charge in [0.05, 0.1) is 13.2 Å². The molecule has 3 rings (SSSR count). The second-order valence-corrected chi connectivity index (χ2v) is 6.85. The fourth-order valence-corrected chi connectivity index (χ4v) is 3.16. The van der Waals surface area contributed by atoms with Crippen LogP contribution in [-0.4, -0.2) is 56.2 Å². The smallest absolute Gasteiger partial charge is 0.317 e. The van der Waals surface area contributed by atoms with E-state index in [0.29, 0.717) is 32.8 Å². The zero-order valence-corrected chi connectivity index (χ0v) is 15.6. The Kier molecular flexibility index (Phi) is 6.26. The summed E-state index contributed by atoms with van der Waals surface area (Å²) in [6, 6.07) is 16.8. The molecule has 138 valence electrons. The van der Waals surface area contributed by atoms with E-state index >= 15 is 0 Å². The van der Waals surface area contributed by atoms with Crippen LogP contribution in [-0.2, 0) is 17.8 Å². The van der Waals surface area contributed by atoms with E-state index in [1.54, 1.807) is 0 Å². The molecule has 0 aromatic heterocycles. The molecule has 0 radical (unpaired) electrons. The summed E-state index contributed by atoms with van der Waals surface area (Å²) in [7, 11) is 4.14. The van der Waals surface area contributed by atoms with E-state index in [4.69, 9.17) is 4.74 Å². The topological polar surface area (TPSA) is 44.8 Å². The summed E-state index contributed by atoms with van der Waals surface area (Å²) in [6.07, 6.45) is 0. The van der Waals surface area contributed by atoms with E-state index in [2.05, 4.69) is 60.7 Å². The van der Waals surface area contributed by atoms with Gasteiger partial charge in [0.1, 0.15) is 0 Å². The van der Waals surface area contributed by atoms with Gasteiger partial charge < -0.3 is 19.9 Å². The average Bonchev–Trinajstić information content (AvgIpc) is 2.67. The van der Waals surface area contributed by atoms with Crippen molar-refractivity contribution in [3.8, 4) is 11.1 Å². The predicted octanol–water partition coefficient (Wildman–Crippen LogP) is 2.96. The van der Waals surface area contributed by atoms with E-state index in [1.165, 1.54) is 11.1 Å². The highest BCUT2D eigenvalue weighted by Gasteiger charge is 2.16. The van der Waals surface area contributed by atoms with E-state index in [-0.39, 0.29) is 6.03 Å². The van der Waals surface area contributed by atoms with Crippen molar-refractivity contribution >= 4 is 6.03 Å². The highest BCUT2D eigenvalue weighted by Crippen LogP contribution is 2.24. The minimum Gasteiger partial charge on any atom is -0.378 e. The summed E-state index contributed by atoms with van der Waals surface area (Å²) in [6.45, 7) is 3.98. The van der Waals surface area contributed by atoms with Gasteiger partial charge in [-0.3, -0.25) is 0 Å². The molecule has 0 aliphatic carbocycles. The van der Waals surface area contributed by atoms with Gasteiger partial charge in [0.2, 0.25) is 0 Å². The van der Waals surface area contributed by atoms with Crippen LogP contribution in [0.5, 0.6) is 0 Å². The number of ether oxygens (including phenoxy) is 1. The Labute approximate surface area is 155 Å². The van der Waals surface area contributed by atoms with E-state index in [9.17, 15) is 4.79 Å². The van der Waals surface area contributed by atoms with Gasteiger partial charge in [-0.1, -0.05) is 48.5 Å². The monoisotopic (exact) mass is 353 g/mol. The molecule has 0 unspecified atom stereocenters. The van der Waals surface area contributed by atoms with Gasteiger partial charge in [0, 0.05) is 26.2 Å². The fraction of sp³-hybridized carbons (Fsp3) is 0.381. The third-order valence-electron chi connectivity index (χ3n) is 4.51. The minimum absolute atomic E-state index is 0.0237. The first-order chi connectivity index (χ1) is 12.6. The summed E-state index contributed by atoms with van der Waals surface area (Å²) < 4.78 is 5.30. The van der Waals surface area contributed by atoms with E-state index in [0.717, 1.165) is 17.7 Å². The average molecular weight is 353 g/mol. The van der Waals surface area contributed by atoms with Crippen molar-refractivity contribution in [2.24, 2.45) is 0 Å². The third-order valence-corrected chi connectivity index (χ3v) is 4.51. The number of rotatable bonds is 5. The molecule has 1 N–H and O–H groups in total. The summed E-state index contributed by atoms with van der Waals surface area (Å²) in [5.41, 5.74) is 4.74. The molecule has 2 aromatic carbocycles. The van der Waals surface area contributed by atoms with Crippen molar-refractivity contribution in [1.29, 1.82) is 0 Å². The number of nitrogens with one attached hydrogen (secondary N) is 1. The third kappa shape index (κ3) is 4.84. The molecule has 2 aromatic rings. The van der Waals surface area contributed by atoms with Gasteiger partial charge in [0.25, 0.3) is 0 Å². The van der Waals surface area contributed by atoms with Crippen molar-refractivity contribution in [2.45, 2.75) is 13.1 Å². The Balaban J connectivity index is 1.68. The Morgan fingerprint density at radius 1 is 1.08 bits per heavy atom. The number of hydrogen-bond acceptors (Lipinski definition) is 3. The molecule has 2 amide bonds. The summed E-state index contributed by atoms with van der Waals surface area (Å²) in [5.74, 6) is 0. The number of benzene rings is 2. The van der Waals surface area contributed by atoms with Crippen LogP contribution in [0.1, 0.15) is 11.1 Å². The number of urea groups is 1. The molecule has 5 heteroatoms. The minimum atomic E-state index is -0.0237. The van der Waals surface area contributed by atoms with Crippen molar-refractivity contribution in [3.63, 3.8) is 0 Å². The van der Waals surface area contributed by atoms with Crippen LogP contribution in [0.2, 0.25) is 0 Å². The molecule has 1 aliphatic rings. The van der Waals surface area contributed by atoms with Crippen LogP contribution >= 0.6 is 0 Å². The standard InChI is InChI=1S/C21H27N3O2/c1-23(2)16-17-7-9-18(10-8-17)20-6-4-3-5-19(20)15-22-21(25)24-11-13-26-14-12-24/h3-10H,11-16H2,1-2H3,(H,22,25). The Hall–Kier alpha value is -2.37. The van der Waals surface area contributed by atoms with Crippen molar-refractivity contribution in [1.82, 2.24) is 15.1 Å². The number of amides is 2. The lowest BCUT2D eigenvalue weighted by molar-refractivity contribution is 0.0531. The highest BCUT2D eigenvalue weighted by molar-refractivity contribution is 5.75. The summed E-state index contributed by atoms with van der Waals surface area (Å²) in [5, 5.41) is 3.04. The maximum Gasteiger partial charge on any atom is 0.317 e. The fourth-order valence-electron chi connectivity index (χ4n) is 3.16. The molecular formula is C21H27N3O2. The molecular weight excluding hydrogens is 326 g/mol. The maximum absolute atomic E-state index is 12.3. The zero-order valence-electron chi connectivity index (χ0n) is 15.6. The number of carbonyl (C=O) groups excluding carboxylic acids is 1. The lowest BCUT2D eigenvalue weighted by atomic mass is 9.98. The predicted molar refractivity (Wildman–Crippen MR) is 104 cm³/mol. The Bertz CT molecular complexity index is 722. The number of morpholine rings is 1. The molecule has 0 spiro atoms. The van der Waals surface area contributed by atoms with Crippen molar-refractivity contribution < 1.29 is 9.53 Å². The molecule has 0 saturated carbocycles. The number of carbonyl (C=O) groups is 1. The molecule has 1 saturated heterocycles. The molecule has 0 bridgehead atoms. The van der Waals surface area contributed by atoms with Crippen LogP contribution in [0.15, 0.2) is 48.5 Å². The largest absolute Gasteiger partial charge is 0.378 e. The van der Waals surface area contributed by atoms with Crippen molar-refractivity contribution in [3.05, 3.63) is 59.7 Å². The van der Waals surface area contributed by atoms with Crippen LogP contribution in [0.25, 0.3) is 11.1 Å². The second-order valence-electron chi connectivity index (χ2n) is 6.85. The lowest BCUT2D eigenvalue weighted by Gasteiger charge is -2.27. The SMILES string of the molecule is CN(C)Cc1ccc(-c2ccccc2CNC(=O)N2CCOCC2)cc1. The van der Waals surface area contributed by atoms with Gasteiger partial charge in [-0.25, -0.2) is 4.79 Å². The molecule has 1 fully saturated rings. The number of hydrogen-bond donors (Lipinski definition) is 1. The van der Waals surface area contributed by atoms with Crippen LogP contribution in [0, 0.1) is 0 Å². The Morgan fingerprint density at radius 2 is 1.77 bits per heavy atom. The van der Waals surface area contributed by atoms with E-state index in [1.807, 2.05) is 17.0 Å². The van der Waals surface area contributed by atoms with Crippen LogP contribution in [0.4, 0.5) is 4.79 Å². The molecule has 1 aliphatic heterocycles. The van der Waals surface area contributed by atoms with Gasteiger partial charge in [0.15, 0.2) is 0 Å². The van der Waals surface area contributed by atoms with Gasteiger partial charge in [-0.05, 0) is 36.3 Å². The van der Waals surface area contributed by atoms with Gasteiger partial charge in [-0.2, -0.15) is 0 Å². The normalized spacial score (nSPS) is 14.5.